The molecular formula is C34H24BNO3. The summed E-state index contributed by atoms with van der Waals surface area (Å²) in [5, 5.41) is 23.9. The van der Waals surface area contributed by atoms with Crippen LogP contribution in [0.4, 0.5) is 17.1 Å². The minimum Gasteiger partial charge on any atom is -0.456 e. The highest BCUT2D eigenvalue weighted by atomic mass is 16.4. The molecule has 0 saturated carbocycles. The maximum absolute atomic E-state index is 10.0. The Balaban J connectivity index is 1.44. The largest absolute Gasteiger partial charge is 0.489 e. The third-order valence-electron chi connectivity index (χ3n) is 7.31. The Morgan fingerprint density at radius 3 is 1.87 bits per heavy atom. The van der Waals surface area contributed by atoms with Gasteiger partial charge in [0, 0.05) is 33.6 Å². The molecule has 0 spiro atoms. The SMILES string of the molecule is OB(O)c1ccc(N(c2ccc(-c3ccccc3)cc2)c2ccc3c(c2)oc2ccccc23)c2ccccc12. The summed E-state index contributed by atoms with van der Waals surface area (Å²) in [5.74, 6) is 0. The summed E-state index contributed by atoms with van der Waals surface area (Å²) in [6, 6.07) is 44.7. The van der Waals surface area contributed by atoms with E-state index in [9.17, 15) is 10.0 Å². The first kappa shape index (κ1) is 23.3. The molecule has 0 aliphatic carbocycles. The fourth-order valence-electron chi connectivity index (χ4n) is 5.44. The lowest BCUT2D eigenvalue weighted by Gasteiger charge is -2.27. The van der Waals surface area contributed by atoms with Gasteiger partial charge in [0.2, 0.25) is 0 Å². The number of anilines is 3. The topological polar surface area (TPSA) is 56.8 Å². The molecule has 0 bridgehead atoms. The predicted molar refractivity (Wildman–Crippen MR) is 161 cm³/mol. The number of rotatable bonds is 5. The van der Waals surface area contributed by atoms with E-state index in [4.69, 9.17) is 4.42 Å². The standard InChI is InChI=1S/C34H24BNO3/c37-35(38)31-20-21-32(28-11-5-4-10-27(28)31)36(25-16-14-24(15-17-25)23-8-2-1-3-9-23)26-18-19-30-29-12-6-7-13-33(29)39-34(30)22-26/h1-22,37-38H. The molecular weight excluding hydrogens is 481 g/mol. The summed E-state index contributed by atoms with van der Waals surface area (Å²) in [4.78, 5) is 2.19. The van der Waals surface area contributed by atoms with Crippen LogP contribution in [0.3, 0.4) is 0 Å². The van der Waals surface area contributed by atoms with Gasteiger partial charge in [-0.3, -0.25) is 0 Å². The van der Waals surface area contributed by atoms with Crippen molar-refractivity contribution in [1.82, 2.24) is 0 Å². The fraction of sp³-hybridized carbons (Fsp3) is 0. The first-order valence-corrected chi connectivity index (χ1v) is 12.9. The quantitative estimate of drug-likeness (QED) is 0.237. The van der Waals surface area contributed by atoms with E-state index in [1.54, 1.807) is 6.07 Å². The van der Waals surface area contributed by atoms with Gasteiger partial charge < -0.3 is 19.4 Å². The van der Waals surface area contributed by atoms with Crippen LogP contribution in [0.2, 0.25) is 0 Å². The molecule has 0 atom stereocenters. The highest BCUT2D eigenvalue weighted by molar-refractivity contribution is 6.62. The van der Waals surface area contributed by atoms with Crippen molar-refractivity contribution >= 4 is 62.4 Å². The van der Waals surface area contributed by atoms with Crippen LogP contribution >= 0.6 is 0 Å². The lowest BCUT2D eigenvalue weighted by atomic mass is 9.77. The summed E-state index contributed by atoms with van der Waals surface area (Å²) in [5.41, 5.74) is 7.28. The Morgan fingerprint density at radius 2 is 1.10 bits per heavy atom. The molecule has 0 saturated heterocycles. The van der Waals surface area contributed by atoms with Crippen molar-refractivity contribution < 1.29 is 14.5 Å². The summed E-state index contributed by atoms with van der Waals surface area (Å²) < 4.78 is 6.24. The first-order chi connectivity index (χ1) is 19.2. The van der Waals surface area contributed by atoms with Gasteiger partial charge in [-0.05, 0) is 58.4 Å². The van der Waals surface area contributed by atoms with Crippen molar-refractivity contribution in [2.45, 2.75) is 0 Å². The van der Waals surface area contributed by atoms with Crippen LogP contribution in [0, 0.1) is 0 Å². The monoisotopic (exact) mass is 505 g/mol. The molecule has 39 heavy (non-hydrogen) atoms. The number of hydrogen-bond donors (Lipinski definition) is 2. The maximum Gasteiger partial charge on any atom is 0.489 e. The van der Waals surface area contributed by atoms with Crippen molar-refractivity contribution in [1.29, 1.82) is 0 Å². The molecule has 7 aromatic rings. The van der Waals surface area contributed by atoms with E-state index in [0.29, 0.717) is 5.46 Å². The number of nitrogens with zero attached hydrogens (tertiary/aromatic N) is 1. The zero-order valence-electron chi connectivity index (χ0n) is 21.0. The van der Waals surface area contributed by atoms with Crippen molar-refractivity contribution in [2.24, 2.45) is 0 Å². The summed E-state index contributed by atoms with van der Waals surface area (Å²) in [7, 11) is -1.56. The Kier molecular flexibility index (Phi) is 5.66. The predicted octanol–water partition coefficient (Wildman–Crippen LogP) is 7.56. The Morgan fingerprint density at radius 1 is 0.487 bits per heavy atom. The average molecular weight is 505 g/mol. The van der Waals surface area contributed by atoms with E-state index in [-0.39, 0.29) is 0 Å². The molecule has 7 rings (SSSR count). The van der Waals surface area contributed by atoms with Crippen molar-refractivity contribution in [2.75, 3.05) is 4.90 Å². The number of hydrogen-bond acceptors (Lipinski definition) is 4. The van der Waals surface area contributed by atoms with Crippen LogP contribution in [-0.2, 0) is 0 Å². The zero-order valence-corrected chi connectivity index (χ0v) is 21.0. The molecule has 0 aliphatic heterocycles. The molecule has 6 aromatic carbocycles. The number of fused-ring (bicyclic) bond motifs is 4. The van der Waals surface area contributed by atoms with Gasteiger partial charge >= 0.3 is 7.12 Å². The Bertz CT molecular complexity index is 1950. The molecule has 0 fully saturated rings. The van der Waals surface area contributed by atoms with Crippen molar-refractivity contribution in [3.8, 4) is 11.1 Å². The van der Waals surface area contributed by atoms with Gasteiger partial charge in [0.25, 0.3) is 0 Å². The highest BCUT2D eigenvalue weighted by Gasteiger charge is 2.21. The van der Waals surface area contributed by atoms with Gasteiger partial charge in [0.1, 0.15) is 11.2 Å². The molecule has 1 heterocycles. The minimum atomic E-state index is -1.56. The van der Waals surface area contributed by atoms with Crippen LogP contribution in [0.5, 0.6) is 0 Å². The van der Waals surface area contributed by atoms with Crippen LogP contribution in [0.15, 0.2) is 138 Å². The molecule has 186 valence electrons. The molecule has 4 nitrogen and oxygen atoms in total. The van der Waals surface area contributed by atoms with Gasteiger partial charge in [-0.15, -0.1) is 0 Å². The molecule has 2 N–H and O–H groups in total. The van der Waals surface area contributed by atoms with Gasteiger partial charge in [0.05, 0.1) is 5.69 Å². The van der Waals surface area contributed by atoms with E-state index in [1.165, 1.54) is 0 Å². The second kappa shape index (κ2) is 9.48. The minimum absolute atomic E-state index is 0.474. The van der Waals surface area contributed by atoms with Crippen LogP contribution < -0.4 is 10.4 Å². The number of furan rings is 1. The van der Waals surface area contributed by atoms with Crippen molar-refractivity contribution in [3.05, 3.63) is 133 Å². The van der Waals surface area contributed by atoms with E-state index in [1.807, 2.05) is 66.7 Å². The normalized spacial score (nSPS) is 11.3. The molecule has 1 aromatic heterocycles. The Labute approximate surface area is 226 Å². The van der Waals surface area contributed by atoms with Gasteiger partial charge in [-0.25, -0.2) is 0 Å². The average Bonchev–Trinajstić information content (AvgIpc) is 3.36. The second-order valence-corrected chi connectivity index (χ2v) is 9.62. The summed E-state index contributed by atoms with van der Waals surface area (Å²) in [6.45, 7) is 0. The Hall–Kier alpha value is -4.84. The van der Waals surface area contributed by atoms with Crippen LogP contribution in [0.1, 0.15) is 0 Å². The molecule has 0 amide bonds. The van der Waals surface area contributed by atoms with Crippen molar-refractivity contribution in [3.63, 3.8) is 0 Å². The molecule has 0 radical (unpaired) electrons. The highest BCUT2D eigenvalue weighted by Crippen LogP contribution is 2.41. The fourth-order valence-corrected chi connectivity index (χ4v) is 5.44. The van der Waals surface area contributed by atoms with Crippen LogP contribution in [0.25, 0.3) is 43.8 Å². The van der Waals surface area contributed by atoms with E-state index < -0.39 is 7.12 Å². The lowest BCUT2D eigenvalue weighted by Crippen LogP contribution is -2.30. The summed E-state index contributed by atoms with van der Waals surface area (Å²) in [6.07, 6.45) is 0. The maximum atomic E-state index is 10.0. The summed E-state index contributed by atoms with van der Waals surface area (Å²) >= 11 is 0. The third kappa shape index (κ3) is 4.05. The van der Waals surface area contributed by atoms with Crippen LogP contribution in [-0.4, -0.2) is 17.2 Å². The van der Waals surface area contributed by atoms with E-state index in [0.717, 1.165) is 60.9 Å². The van der Waals surface area contributed by atoms with E-state index in [2.05, 4.69) is 65.6 Å². The van der Waals surface area contributed by atoms with Gasteiger partial charge in [-0.1, -0.05) is 91.0 Å². The lowest BCUT2D eigenvalue weighted by molar-refractivity contribution is 0.426. The molecule has 0 aliphatic rings. The number of para-hydroxylation sites is 1. The second-order valence-electron chi connectivity index (χ2n) is 9.62. The third-order valence-corrected chi connectivity index (χ3v) is 7.31. The number of benzene rings is 6. The first-order valence-electron chi connectivity index (χ1n) is 12.9. The van der Waals surface area contributed by atoms with Gasteiger partial charge in [0.15, 0.2) is 0 Å². The molecule has 0 unspecified atom stereocenters. The smallest absolute Gasteiger partial charge is 0.456 e. The molecule has 5 heteroatoms. The van der Waals surface area contributed by atoms with E-state index >= 15 is 0 Å². The zero-order chi connectivity index (χ0) is 26.3. The van der Waals surface area contributed by atoms with Gasteiger partial charge in [-0.2, -0.15) is 0 Å².